The third kappa shape index (κ3) is 4.05. The van der Waals surface area contributed by atoms with Crippen molar-refractivity contribution < 1.29 is 19.1 Å². The molecule has 0 heterocycles. The molecule has 110 valence electrons. The highest BCUT2D eigenvalue weighted by molar-refractivity contribution is 5.84. The second-order valence-corrected chi connectivity index (χ2v) is 4.88. The highest BCUT2D eigenvalue weighted by atomic mass is 19.1. The van der Waals surface area contributed by atoms with Crippen LogP contribution in [-0.4, -0.2) is 17.0 Å². The number of benzene rings is 1. The zero-order valence-corrected chi connectivity index (χ0v) is 11.8. The molecule has 0 saturated heterocycles. The van der Waals surface area contributed by atoms with Gasteiger partial charge in [0.25, 0.3) is 0 Å². The molecule has 1 aromatic carbocycles. The first kappa shape index (κ1) is 16.1. The summed E-state index contributed by atoms with van der Waals surface area (Å²) in [4.78, 5) is 23.2. The molecule has 0 fully saturated rings. The number of carbonyl (C=O) groups is 2. The predicted octanol–water partition coefficient (Wildman–Crippen LogP) is 2.72. The van der Waals surface area contributed by atoms with Crippen molar-refractivity contribution in [3.63, 3.8) is 0 Å². The average Bonchev–Trinajstić information content (AvgIpc) is 2.42. The Labute approximate surface area is 118 Å². The SMILES string of the molecule is CCC(CC)(CC(=O)NCc1cccc(F)c1)C(=O)O. The number of aliphatic carboxylic acids is 1. The Hall–Kier alpha value is -1.91. The Morgan fingerprint density at radius 3 is 2.45 bits per heavy atom. The van der Waals surface area contributed by atoms with E-state index in [1.165, 1.54) is 12.1 Å². The summed E-state index contributed by atoms with van der Waals surface area (Å²) in [7, 11) is 0. The van der Waals surface area contributed by atoms with Gasteiger partial charge in [0, 0.05) is 13.0 Å². The van der Waals surface area contributed by atoms with Crippen LogP contribution in [0.4, 0.5) is 4.39 Å². The normalized spacial score (nSPS) is 11.2. The first-order chi connectivity index (χ1) is 9.43. The van der Waals surface area contributed by atoms with Gasteiger partial charge < -0.3 is 10.4 Å². The number of carboxylic acids is 1. The van der Waals surface area contributed by atoms with Gasteiger partial charge in [0.2, 0.25) is 5.91 Å². The number of hydrogen-bond acceptors (Lipinski definition) is 2. The molecule has 0 saturated carbocycles. The van der Waals surface area contributed by atoms with Gasteiger partial charge >= 0.3 is 5.97 Å². The van der Waals surface area contributed by atoms with Crippen LogP contribution in [0.1, 0.15) is 38.7 Å². The lowest BCUT2D eigenvalue weighted by atomic mass is 9.79. The minimum absolute atomic E-state index is 0.0648. The van der Waals surface area contributed by atoms with Crippen LogP contribution >= 0.6 is 0 Å². The molecule has 1 amide bonds. The summed E-state index contributed by atoms with van der Waals surface area (Å²) >= 11 is 0. The number of nitrogens with one attached hydrogen (secondary N) is 1. The van der Waals surface area contributed by atoms with E-state index in [1.54, 1.807) is 26.0 Å². The Morgan fingerprint density at radius 1 is 1.30 bits per heavy atom. The molecule has 0 aromatic heterocycles. The van der Waals surface area contributed by atoms with E-state index in [9.17, 15) is 19.1 Å². The number of carbonyl (C=O) groups excluding carboxylic acids is 1. The standard InChI is InChI=1S/C15H20FNO3/c1-3-15(4-2,14(19)20)9-13(18)17-10-11-6-5-7-12(16)8-11/h5-8H,3-4,9-10H2,1-2H3,(H,17,18)(H,19,20). The maximum Gasteiger partial charge on any atom is 0.310 e. The molecule has 0 atom stereocenters. The van der Waals surface area contributed by atoms with Gasteiger partial charge in [-0.2, -0.15) is 0 Å². The van der Waals surface area contributed by atoms with Gasteiger partial charge in [-0.1, -0.05) is 26.0 Å². The average molecular weight is 281 g/mol. The summed E-state index contributed by atoms with van der Waals surface area (Å²) in [6.45, 7) is 3.72. The van der Waals surface area contributed by atoms with E-state index in [0.29, 0.717) is 18.4 Å². The fourth-order valence-electron chi connectivity index (χ4n) is 2.10. The third-order valence-electron chi connectivity index (χ3n) is 3.68. The topological polar surface area (TPSA) is 66.4 Å². The lowest BCUT2D eigenvalue weighted by Crippen LogP contribution is -2.36. The molecule has 0 aliphatic rings. The van der Waals surface area contributed by atoms with Gasteiger partial charge in [-0.15, -0.1) is 0 Å². The minimum atomic E-state index is -1.02. The van der Waals surface area contributed by atoms with Gasteiger partial charge in [0.05, 0.1) is 5.41 Å². The van der Waals surface area contributed by atoms with E-state index in [4.69, 9.17) is 0 Å². The van der Waals surface area contributed by atoms with Crippen LogP contribution < -0.4 is 5.32 Å². The number of amides is 1. The van der Waals surface area contributed by atoms with E-state index in [0.717, 1.165) is 0 Å². The Bertz CT molecular complexity index is 484. The first-order valence-electron chi connectivity index (χ1n) is 6.68. The molecule has 4 nitrogen and oxygen atoms in total. The summed E-state index contributed by atoms with van der Waals surface area (Å²) in [5, 5.41) is 11.9. The molecule has 1 rings (SSSR count). The summed E-state index contributed by atoms with van der Waals surface area (Å²) in [5.41, 5.74) is -0.376. The molecular formula is C15H20FNO3. The van der Waals surface area contributed by atoms with Gasteiger partial charge in [-0.25, -0.2) is 4.39 Å². The molecule has 0 radical (unpaired) electrons. The zero-order chi connectivity index (χ0) is 15.2. The molecule has 0 unspecified atom stereocenters. The number of halogens is 1. The molecule has 5 heteroatoms. The summed E-state index contributed by atoms with van der Waals surface area (Å²) in [5.74, 6) is -1.65. The van der Waals surface area contributed by atoms with Crippen LogP contribution in [0.15, 0.2) is 24.3 Å². The fraction of sp³-hybridized carbons (Fsp3) is 0.467. The monoisotopic (exact) mass is 281 g/mol. The maximum atomic E-state index is 13.0. The lowest BCUT2D eigenvalue weighted by Gasteiger charge is -2.25. The van der Waals surface area contributed by atoms with E-state index in [1.807, 2.05) is 0 Å². The highest BCUT2D eigenvalue weighted by Gasteiger charge is 2.36. The molecule has 2 N–H and O–H groups in total. The van der Waals surface area contributed by atoms with Crippen molar-refractivity contribution in [3.05, 3.63) is 35.6 Å². The van der Waals surface area contributed by atoms with E-state index in [-0.39, 0.29) is 24.7 Å². The second-order valence-electron chi connectivity index (χ2n) is 4.88. The predicted molar refractivity (Wildman–Crippen MR) is 73.5 cm³/mol. The van der Waals surface area contributed by atoms with Gasteiger partial charge in [0.15, 0.2) is 0 Å². The zero-order valence-electron chi connectivity index (χ0n) is 11.8. The van der Waals surface area contributed by atoms with Crippen molar-refractivity contribution in [2.24, 2.45) is 5.41 Å². The minimum Gasteiger partial charge on any atom is -0.481 e. The van der Waals surface area contributed by atoms with Crippen molar-refractivity contribution in [2.45, 2.75) is 39.7 Å². The van der Waals surface area contributed by atoms with Crippen molar-refractivity contribution in [1.29, 1.82) is 0 Å². The Kier molecular flexibility index (Phi) is 5.67. The number of carboxylic acid groups (broad SMARTS) is 1. The quantitative estimate of drug-likeness (QED) is 0.807. The Balaban J connectivity index is 2.61. The van der Waals surface area contributed by atoms with Gasteiger partial charge in [-0.05, 0) is 30.5 Å². The van der Waals surface area contributed by atoms with Gasteiger partial charge in [-0.3, -0.25) is 9.59 Å². The van der Waals surface area contributed by atoms with Crippen molar-refractivity contribution in [1.82, 2.24) is 5.32 Å². The molecule has 1 aromatic rings. The second kappa shape index (κ2) is 7.03. The lowest BCUT2D eigenvalue weighted by molar-refractivity contribution is -0.152. The van der Waals surface area contributed by atoms with Crippen molar-refractivity contribution >= 4 is 11.9 Å². The maximum absolute atomic E-state index is 13.0. The Morgan fingerprint density at radius 2 is 1.95 bits per heavy atom. The van der Waals surface area contributed by atoms with Crippen molar-refractivity contribution in [3.8, 4) is 0 Å². The molecule has 0 aliphatic carbocycles. The van der Waals surface area contributed by atoms with Crippen LogP contribution in [0.2, 0.25) is 0 Å². The molecule has 0 bridgehead atoms. The molecule has 0 spiro atoms. The summed E-state index contributed by atoms with van der Waals surface area (Å²) < 4.78 is 13.0. The van der Waals surface area contributed by atoms with Crippen LogP contribution in [0.5, 0.6) is 0 Å². The fourth-order valence-corrected chi connectivity index (χ4v) is 2.10. The first-order valence-corrected chi connectivity index (χ1v) is 6.68. The largest absolute Gasteiger partial charge is 0.481 e. The van der Waals surface area contributed by atoms with Crippen LogP contribution in [-0.2, 0) is 16.1 Å². The molecular weight excluding hydrogens is 261 g/mol. The number of rotatable bonds is 7. The van der Waals surface area contributed by atoms with E-state index >= 15 is 0 Å². The third-order valence-corrected chi connectivity index (χ3v) is 3.68. The smallest absolute Gasteiger partial charge is 0.310 e. The van der Waals surface area contributed by atoms with E-state index < -0.39 is 11.4 Å². The van der Waals surface area contributed by atoms with Crippen molar-refractivity contribution in [2.75, 3.05) is 0 Å². The summed E-state index contributed by atoms with van der Waals surface area (Å²) in [6, 6.07) is 5.93. The van der Waals surface area contributed by atoms with Crippen LogP contribution in [0, 0.1) is 11.2 Å². The summed E-state index contributed by atoms with van der Waals surface area (Å²) in [6.07, 6.45) is 0.725. The number of hydrogen-bond donors (Lipinski definition) is 2. The van der Waals surface area contributed by atoms with Gasteiger partial charge in [0.1, 0.15) is 5.82 Å². The van der Waals surface area contributed by atoms with Crippen LogP contribution in [0.3, 0.4) is 0 Å². The molecule has 0 aliphatic heterocycles. The highest BCUT2D eigenvalue weighted by Crippen LogP contribution is 2.30. The van der Waals surface area contributed by atoms with Crippen LogP contribution in [0.25, 0.3) is 0 Å². The van der Waals surface area contributed by atoms with E-state index in [2.05, 4.69) is 5.32 Å². The molecule has 20 heavy (non-hydrogen) atoms.